The summed E-state index contributed by atoms with van der Waals surface area (Å²) in [5, 5.41) is 5.13. The van der Waals surface area contributed by atoms with Crippen LogP contribution in [0.15, 0.2) is 34.9 Å². The Morgan fingerprint density at radius 1 is 1.36 bits per heavy atom. The van der Waals surface area contributed by atoms with Gasteiger partial charge < -0.3 is 19.4 Å². The Morgan fingerprint density at radius 3 is 3.11 bits per heavy atom. The lowest BCUT2D eigenvalue weighted by molar-refractivity contribution is 0.0411. The summed E-state index contributed by atoms with van der Waals surface area (Å²) in [6.07, 6.45) is 3.47. The number of benzene rings is 1. The summed E-state index contributed by atoms with van der Waals surface area (Å²) >= 11 is 1.49. The Morgan fingerprint density at radius 2 is 2.21 bits per heavy atom. The monoisotopic (exact) mass is 397 g/mol. The number of hydrogen-bond acceptors (Lipinski definition) is 6. The van der Waals surface area contributed by atoms with E-state index in [2.05, 4.69) is 16.3 Å². The van der Waals surface area contributed by atoms with Gasteiger partial charge in [-0.25, -0.2) is 4.98 Å². The summed E-state index contributed by atoms with van der Waals surface area (Å²) in [4.78, 5) is 20.2. The normalized spacial score (nSPS) is 21.6. The zero-order valence-corrected chi connectivity index (χ0v) is 16.8. The van der Waals surface area contributed by atoms with Gasteiger partial charge in [0.05, 0.1) is 24.7 Å². The van der Waals surface area contributed by atoms with E-state index < -0.39 is 0 Å². The number of amides is 1. The van der Waals surface area contributed by atoms with Crippen LogP contribution in [0.25, 0.3) is 11.0 Å². The average Bonchev–Trinajstić information content (AvgIpc) is 3.26. The van der Waals surface area contributed by atoms with Crippen molar-refractivity contribution in [3.8, 4) is 0 Å². The van der Waals surface area contributed by atoms with Crippen molar-refractivity contribution >= 4 is 33.3 Å². The van der Waals surface area contributed by atoms with Crippen molar-refractivity contribution in [3.05, 3.63) is 46.7 Å². The van der Waals surface area contributed by atoms with Crippen molar-refractivity contribution < 1.29 is 13.9 Å². The molecule has 1 fully saturated rings. The predicted molar refractivity (Wildman–Crippen MR) is 109 cm³/mol. The number of morpholine rings is 1. The molecular formula is C21H23N3O3S. The molecule has 0 saturated carbocycles. The SMILES string of the molecule is CC1(C)Cc2nc(N3CCOC(Cc4coc5ccccc45)C3)sc2C(=O)N1. The van der Waals surface area contributed by atoms with Gasteiger partial charge >= 0.3 is 0 Å². The highest BCUT2D eigenvalue weighted by atomic mass is 32.1. The van der Waals surface area contributed by atoms with Crippen LogP contribution >= 0.6 is 11.3 Å². The molecule has 6 nitrogen and oxygen atoms in total. The summed E-state index contributed by atoms with van der Waals surface area (Å²) in [5.74, 6) is -0.00956. The van der Waals surface area contributed by atoms with Gasteiger partial charge in [-0.3, -0.25) is 4.79 Å². The first kappa shape index (κ1) is 17.7. The van der Waals surface area contributed by atoms with Crippen molar-refractivity contribution in [2.45, 2.75) is 38.3 Å². The number of carbonyl (C=O) groups excluding carboxylic acids is 1. The Bertz CT molecular complexity index is 1040. The number of aromatic nitrogens is 1. The molecule has 0 radical (unpaired) electrons. The Labute approximate surface area is 167 Å². The molecule has 1 unspecified atom stereocenters. The minimum absolute atomic E-state index is 0.00956. The van der Waals surface area contributed by atoms with Gasteiger partial charge in [0.1, 0.15) is 10.5 Å². The summed E-state index contributed by atoms with van der Waals surface area (Å²) in [6.45, 7) is 6.28. The maximum absolute atomic E-state index is 12.4. The van der Waals surface area contributed by atoms with Crippen LogP contribution in [0, 0.1) is 0 Å². The van der Waals surface area contributed by atoms with Crippen LogP contribution in [0.1, 0.15) is 34.8 Å². The minimum atomic E-state index is -0.245. The van der Waals surface area contributed by atoms with Crippen LogP contribution in [0.2, 0.25) is 0 Å². The van der Waals surface area contributed by atoms with Gasteiger partial charge in [0, 0.05) is 42.4 Å². The third kappa shape index (κ3) is 3.18. The highest BCUT2D eigenvalue weighted by Gasteiger charge is 2.34. The lowest BCUT2D eigenvalue weighted by atomic mass is 9.94. The summed E-state index contributed by atoms with van der Waals surface area (Å²) in [5.41, 5.74) is 2.75. The molecule has 2 aliphatic heterocycles. The molecule has 0 bridgehead atoms. The molecule has 1 atom stereocenters. The number of ether oxygens (including phenoxy) is 1. The molecule has 7 heteroatoms. The average molecular weight is 398 g/mol. The number of thiazole rings is 1. The van der Waals surface area contributed by atoms with Crippen LogP contribution in [-0.2, 0) is 17.6 Å². The number of hydrogen-bond donors (Lipinski definition) is 1. The smallest absolute Gasteiger partial charge is 0.263 e. The minimum Gasteiger partial charge on any atom is -0.464 e. The molecule has 2 aliphatic rings. The lowest BCUT2D eigenvalue weighted by Gasteiger charge is -2.32. The van der Waals surface area contributed by atoms with Crippen LogP contribution < -0.4 is 10.2 Å². The van der Waals surface area contributed by atoms with Gasteiger partial charge in [0.25, 0.3) is 5.91 Å². The van der Waals surface area contributed by atoms with Crippen LogP contribution in [0.5, 0.6) is 0 Å². The van der Waals surface area contributed by atoms with Crippen molar-refractivity contribution in [2.24, 2.45) is 0 Å². The van der Waals surface area contributed by atoms with E-state index in [9.17, 15) is 4.79 Å². The lowest BCUT2D eigenvalue weighted by Crippen LogP contribution is -2.48. The van der Waals surface area contributed by atoms with Gasteiger partial charge in [-0.1, -0.05) is 29.5 Å². The standard InChI is InChI=1S/C21H23N3O3S/c1-21(2)10-16-18(19(25)23-21)28-20(22-16)24-7-8-26-14(11-24)9-13-12-27-17-6-4-3-5-15(13)17/h3-6,12,14H,7-11H2,1-2H3,(H,23,25). The molecule has 5 rings (SSSR count). The maximum atomic E-state index is 12.4. The zero-order valence-electron chi connectivity index (χ0n) is 16.0. The number of carbonyl (C=O) groups is 1. The van der Waals surface area contributed by atoms with Gasteiger partial charge in [0.2, 0.25) is 0 Å². The molecule has 4 heterocycles. The van der Waals surface area contributed by atoms with Crippen LogP contribution in [0.3, 0.4) is 0 Å². The molecule has 1 N–H and O–H groups in total. The summed E-state index contributed by atoms with van der Waals surface area (Å²) in [7, 11) is 0. The highest BCUT2D eigenvalue weighted by molar-refractivity contribution is 7.17. The van der Waals surface area contributed by atoms with Gasteiger partial charge in [-0.15, -0.1) is 0 Å². The molecule has 1 saturated heterocycles. The Balaban J connectivity index is 1.34. The molecule has 1 aromatic carbocycles. The molecule has 146 valence electrons. The van der Waals surface area contributed by atoms with E-state index in [1.807, 2.05) is 38.3 Å². The topological polar surface area (TPSA) is 67.6 Å². The molecule has 28 heavy (non-hydrogen) atoms. The number of rotatable bonds is 3. The van der Waals surface area contributed by atoms with E-state index in [0.29, 0.717) is 6.61 Å². The second-order valence-corrected chi connectivity index (χ2v) is 9.16. The highest BCUT2D eigenvalue weighted by Crippen LogP contribution is 2.33. The fourth-order valence-electron chi connectivity index (χ4n) is 4.05. The third-order valence-corrected chi connectivity index (χ3v) is 6.53. The van der Waals surface area contributed by atoms with E-state index in [0.717, 1.165) is 52.6 Å². The predicted octanol–water partition coefficient (Wildman–Crippen LogP) is 3.40. The number of para-hydroxylation sites is 1. The fourth-order valence-corrected chi connectivity index (χ4v) is 5.06. The van der Waals surface area contributed by atoms with Crippen molar-refractivity contribution in [2.75, 3.05) is 24.6 Å². The first-order chi connectivity index (χ1) is 13.5. The largest absolute Gasteiger partial charge is 0.464 e. The number of anilines is 1. The second-order valence-electron chi connectivity index (χ2n) is 8.19. The number of nitrogens with one attached hydrogen (secondary N) is 1. The summed E-state index contributed by atoms with van der Waals surface area (Å²) in [6, 6.07) is 8.08. The molecule has 2 aromatic heterocycles. The van der Waals surface area contributed by atoms with Crippen LogP contribution in [-0.4, -0.2) is 42.2 Å². The van der Waals surface area contributed by atoms with E-state index in [1.165, 1.54) is 16.9 Å². The Kier molecular flexibility index (Phi) is 4.17. The maximum Gasteiger partial charge on any atom is 0.263 e. The van der Waals surface area contributed by atoms with Crippen molar-refractivity contribution in [1.82, 2.24) is 10.3 Å². The van der Waals surface area contributed by atoms with E-state index >= 15 is 0 Å². The van der Waals surface area contributed by atoms with Gasteiger partial charge in [0.15, 0.2) is 5.13 Å². The third-order valence-electron chi connectivity index (χ3n) is 5.37. The first-order valence-corrected chi connectivity index (χ1v) is 10.4. The van der Waals surface area contributed by atoms with Crippen molar-refractivity contribution in [1.29, 1.82) is 0 Å². The molecule has 0 aliphatic carbocycles. The molecule has 0 spiro atoms. The second kappa shape index (κ2) is 6.60. The number of fused-ring (bicyclic) bond motifs is 2. The van der Waals surface area contributed by atoms with E-state index in [-0.39, 0.29) is 17.6 Å². The van der Waals surface area contributed by atoms with E-state index in [1.54, 1.807) is 0 Å². The molecular weight excluding hydrogens is 374 g/mol. The van der Waals surface area contributed by atoms with Gasteiger partial charge in [-0.05, 0) is 19.9 Å². The molecule has 3 aromatic rings. The quantitative estimate of drug-likeness (QED) is 0.734. The zero-order chi connectivity index (χ0) is 19.3. The fraction of sp³-hybridized carbons (Fsp3) is 0.429. The summed E-state index contributed by atoms with van der Waals surface area (Å²) < 4.78 is 11.7. The van der Waals surface area contributed by atoms with Crippen LogP contribution in [0.4, 0.5) is 5.13 Å². The number of nitrogens with zero attached hydrogens (tertiary/aromatic N) is 2. The first-order valence-electron chi connectivity index (χ1n) is 9.62. The molecule has 1 amide bonds. The van der Waals surface area contributed by atoms with E-state index in [4.69, 9.17) is 14.1 Å². The Hall–Kier alpha value is -2.38. The van der Waals surface area contributed by atoms with Crippen molar-refractivity contribution in [3.63, 3.8) is 0 Å². The number of furan rings is 1. The van der Waals surface area contributed by atoms with Gasteiger partial charge in [-0.2, -0.15) is 0 Å².